The average molecular weight is 406 g/mol. The zero-order chi connectivity index (χ0) is 20.5. The number of benzene rings is 2. The van der Waals surface area contributed by atoms with Crippen LogP contribution in [0.2, 0.25) is 0 Å². The SMILES string of the molecule is CC1Cc2cc(S(N)(=O)=O)ccc2N1C(=O)COC(=O)Cc1cccc(F)c1. The summed E-state index contributed by atoms with van der Waals surface area (Å²) in [7, 11) is -3.83. The first-order chi connectivity index (χ1) is 13.1. The van der Waals surface area contributed by atoms with Gasteiger partial charge in [-0.05, 0) is 54.8 Å². The van der Waals surface area contributed by atoms with Crippen molar-refractivity contribution >= 4 is 27.6 Å². The second kappa shape index (κ2) is 7.69. The number of carbonyl (C=O) groups excluding carboxylic acids is 2. The lowest BCUT2D eigenvalue weighted by Crippen LogP contribution is -2.38. The number of halogens is 1. The average Bonchev–Trinajstić information content (AvgIpc) is 2.94. The first-order valence-corrected chi connectivity index (χ1v) is 10.1. The van der Waals surface area contributed by atoms with E-state index in [-0.39, 0.29) is 17.4 Å². The largest absolute Gasteiger partial charge is 0.455 e. The fourth-order valence-electron chi connectivity index (χ4n) is 3.24. The van der Waals surface area contributed by atoms with E-state index >= 15 is 0 Å². The second-order valence-electron chi connectivity index (χ2n) is 6.62. The molecule has 0 saturated heterocycles. The van der Waals surface area contributed by atoms with Crippen molar-refractivity contribution in [2.24, 2.45) is 5.14 Å². The first-order valence-electron chi connectivity index (χ1n) is 8.53. The Kier molecular flexibility index (Phi) is 5.48. The molecule has 0 radical (unpaired) electrons. The summed E-state index contributed by atoms with van der Waals surface area (Å²) in [6.45, 7) is 1.35. The van der Waals surface area contributed by atoms with E-state index in [2.05, 4.69) is 0 Å². The van der Waals surface area contributed by atoms with Crippen molar-refractivity contribution in [2.45, 2.75) is 30.7 Å². The molecule has 2 aromatic rings. The molecule has 2 N–H and O–H groups in total. The van der Waals surface area contributed by atoms with E-state index in [9.17, 15) is 22.4 Å². The summed E-state index contributed by atoms with van der Waals surface area (Å²) in [5, 5.41) is 5.14. The van der Waals surface area contributed by atoms with Crippen molar-refractivity contribution in [1.29, 1.82) is 0 Å². The maximum Gasteiger partial charge on any atom is 0.310 e. The molecular weight excluding hydrogens is 387 g/mol. The molecule has 0 saturated carbocycles. The van der Waals surface area contributed by atoms with Crippen molar-refractivity contribution in [3.05, 3.63) is 59.4 Å². The van der Waals surface area contributed by atoms with Gasteiger partial charge in [-0.15, -0.1) is 0 Å². The summed E-state index contributed by atoms with van der Waals surface area (Å²) in [6, 6.07) is 9.66. The number of nitrogens with two attached hydrogens (primary N) is 1. The zero-order valence-electron chi connectivity index (χ0n) is 15.1. The summed E-state index contributed by atoms with van der Waals surface area (Å²) in [5.41, 5.74) is 1.69. The standard InChI is InChI=1S/C19H19FN2O5S/c1-12-7-14-10-16(28(21,25)26)5-6-17(14)22(12)18(23)11-27-19(24)9-13-3-2-4-15(20)8-13/h2-6,8,10,12H,7,9,11H2,1H3,(H2,21,25,26). The van der Waals surface area contributed by atoms with Gasteiger partial charge >= 0.3 is 5.97 Å². The van der Waals surface area contributed by atoms with Crippen molar-refractivity contribution in [3.8, 4) is 0 Å². The van der Waals surface area contributed by atoms with Gasteiger partial charge in [0.05, 0.1) is 11.3 Å². The highest BCUT2D eigenvalue weighted by Gasteiger charge is 2.32. The van der Waals surface area contributed by atoms with Crippen molar-refractivity contribution < 1.29 is 27.1 Å². The van der Waals surface area contributed by atoms with Crippen LogP contribution in [0, 0.1) is 5.82 Å². The first kappa shape index (κ1) is 20.0. The molecule has 7 nitrogen and oxygen atoms in total. The number of hydrogen-bond donors (Lipinski definition) is 1. The Labute approximate surface area is 161 Å². The van der Waals surface area contributed by atoms with Gasteiger partial charge in [0.15, 0.2) is 6.61 Å². The minimum absolute atomic E-state index is 0.0192. The van der Waals surface area contributed by atoms with Crippen LogP contribution in [0.1, 0.15) is 18.1 Å². The fourth-order valence-corrected chi connectivity index (χ4v) is 3.81. The maximum atomic E-state index is 13.2. The number of nitrogens with zero attached hydrogens (tertiary/aromatic N) is 1. The lowest BCUT2D eigenvalue weighted by Gasteiger charge is -2.22. The Balaban J connectivity index is 1.66. The normalized spacial score (nSPS) is 16.0. The van der Waals surface area contributed by atoms with Gasteiger partial charge in [-0.2, -0.15) is 0 Å². The molecule has 28 heavy (non-hydrogen) atoms. The molecule has 0 aliphatic carbocycles. The summed E-state index contributed by atoms with van der Waals surface area (Å²) in [6.07, 6.45) is 0.316. The molecule has 0 aromatic heterocycles. The minimum atomic E-state index is -3.83. The molecule has 148 valence electrons. The molecule has 1 aliphatic rings. The van der Waals surface area contributed by atoms with Crippen molar-refractivity contribution in [2.75, 3.05) is 11.5 Å². The quantitative estimate of drug-likeness (QED) is 0.758. The summed E-state index contributed by atoms with van der Waals surface area (Å²) in [4.78, 5) is 25.9. The van der Waals surface area contributed by atoms with E-state index in [1.54, 1.807) is 6.07 Å². The highest BCUT2D eigenvalue weighted by molar-refractivity contribution is 7.89. The van der Waals surface area contributed by atoms with Crippen LogP contribution in [-0.2, 0) is 37.2 Å². The summed E-state index contributed by atoms with van der Waals surface area (Å²) < 4.78 is 41.2. The number of esters is 1. The third-order valence-corrected chi connectivity index (χ3v) is 5.37. The van der Waals surface area contributed by atoms with Crippen LogP contribution in [0.25, 0.3) is 0 Å². The van der Waals surface area contributed by atoms with Gasteiger partial charge in [-0.25, -0.2) is 17.9 Å². The Morgan fingerprint density at radius 2 is 2.00 bits per heavy atom. The van der Waals surface area contributed by atoms with Gasteiger partial charge in [0.2, 0.25) is 10.0 Å². The second-order valence-corrected chi connectivity index (χ2v) is 8.18. The predicted octanol–water partition coefficient (Wildman–Crippen LogP) is 1.54. The van der Waals surface area contributed by atoms with Crippen LogP contribution < -0.4 is 10.0 Å². The van der Waals surface area contributed by atoms with E-state index in [0.717, 1.165) is 0 Å². The van der Waals surface area contributed by atoms with E-state index < -0.39 is 34.3 Å². The van der Waals surface area contributed by atoms with E-state index in [4.69, 9.17) is 9.88 Å². The number of fused-ring (bicyclic) bond motifs is 1. The number of carbonyl (C=O) groups is 2. The number of hydrogen-bond acceptors (Lipinski definition) is 5. The predicted molar refractivity (Wildman–Crippen MR) is 99.5 cm³/mol. The number of primary sulfonamides is 1. The number of ether oxygens (including phenoxy) is 1. The van der Waals surface area contributed by atoms with Gasteiger partial charge in [-0.1, -0.05) is 12.1 Å². The van der Waals surface area contributed by atoms with E-state index in [0.29, 0.717) is 23.2 Å². The molecule has 1 amide bonds. The van der Waals surface area contributed by atoms with Gasteiger partial charge in [0, 0.05) is 11.7 Å². The molecule has 0 spiro atoms. The molecule has 2 aromatic carbocycles. The van der Waals surface area contributed by atoms with Gasteiger partial charge in [0.1, 0.15) is 5.82 Å². The molecule has 9 heteroatoms. The van der Waals surface area contributed by atoms with Crippen LogP contribution in [0.15, 0.2) is 47.4 Å². The number of anilines is 1. The Morgan fingerprint density at radius 3 is 2.68 bits per heavy atom. The van der Waals surface area contributed by atoms with Crippen LogP contribution in [0.3, 0.4) is 0 Å². The van der Waals surface area contributed by atoms with Crippen LogP contribution in [0.4, 0.5) is 10.1 Å². The zero-order valence-corrected chi connectivity index (χ0v) is 15.9. The highest BCUT2D eigenvalue weighted by atomic mass is 32.2. The molecule has 1 heterocycles. The number of rotatable bonds is 5. The monoisotopic (exact) mass is 406 g/mol. The molecule has 1 atom stereocenters. The van der Waals surface area contributed by atoms with Crippen LogP contribution in [-0.4, -0.2) is 32.9 Å². The van der Waals surface area contributed by atoms with Crippen molar-refractivity contribution in [1.82, 2.24) is 0 Å². The fraction of sp³-hybridized carbons (Fsp3) is 0.263. The smallest absolute Gasteiger partial charge is 0.310 e. The van der Waals surface area contributed by atoms with Gasteiger partial charge in [-0.3, -0.25) is 9.59 Å². The van der Waals surface area contributed by atoms with Crippen LogP contribution in [0.5, 0.6) is 0 Å². The molecule has 1 aliphatic heterocycles. The highest BCUT2D eigenvalue weighted by Crippen LogP contribution is 2.33. The maximum absolute atomic E-state index is 13.2. The van der Waals surface area contributed by atoms with Crippen LogP contribution >= 0.6 is 0 Å². The summed E-state index contributed by atoms with van der Waals surface area (Å²) in [5.74, 6) is -1.53. The number of amides is 1. The Hall–Kier alpha value is -2.78. The van der Waals surface area contributed by atoms with Gasteiger partial charge in [0.25, 0.3) is 5.91 Å². The van der Waals surface area contributed by atoms with Crippen molar-refractivity contribution in [3.63, 3.8) is 0 Å². The van der Waals surface area contributed by atoms with Gasteiger partial charge < -0.3 is 9.64 Å². The lowest BCUT2D eigenvalue weighted by molar-refractivity contribution is -0.147. The lowest BCUT2D eigenvalue weighted by atomic mass is 10.1. The molecule has 0 fully saturated rings. The molecular formula is C19H19FN2O5S. The topological polar surface area (TPSA) is 107 Å². The molecule has 3 rings (SSSR count). The van der Waals surface area contributed by atoms with E-state index in [1.165, 1.54) is 41.3 Å². The summed E-state index contributed by atoms with van der Waals surface area (Å²) >= 11 is 0. The molecule has 1 unspecified atom stereocenters. The number of sulfonamides is 1. The Morgan fingerprint density at radius 1 is 1.25 bits per heavy atom. The van der Waals surface area contributed by atoms with E-state index in [1.807, 2.05) is 6.92 Å². The Bertz CT molecular complexity index is 1040. The minimum Gasteiger partial charge on any atom is -0.455 e. The third kappa shape index (κ3) is 4.37. The third-order valence-electron chi connectivity index (χ3n) is 4.46. The molecule has 0 bridgehead atoms.